The highest BCUT2D eigenvalue weighted by atomic mass is 19.1. The van der Waals surface area contributed by atoms with Gasteiger partial charge in [-0.1, -0.05) is 13.0 Å². The molecule has 5 nitrogen and oxygen atoms in total. The number of nitrogens with zero attached hydrogens (tertiary/aromatic N) is 2. The number of hydrogen-bond acceptors (Lipinski definition) is 3. The van der Waals surface area contributed by atoms with Gasteiger partial charge in [0.25, 0.3) is 0 Å². The molecule has 2 rings (SSSR count). The molecule has 0 aliphatic carbocycles. The van der Waals surface area contributed by atoms with Gasteiger partial charge in [0.15, 0.2) is 5.96 Å². The van der Waals surface area contributed by atoms with E-state index in [0.717, 1.165) is 24.9 Å². The third-order valence-corrected chi connectivity index (χ3v) is 4.60. The first-order chi connectivity index (χ1) is 12.0. The van der Waals surface area contributed by atoms with E-state index in [2.05, 4.69) is 15.2 Å². The number of guanidine groups is 1. The minimum Gasteiger partial charge on any atom is -0.469 e. The zero-order chi connectivity index (χ0) is 18.4. The maximum absolute atomic E-state index is 13.9. The molecular formula is C18H25F2N3O2. The zero-order valence-electron chi connectivity index (χ0n) is 14.9. The van der Waals surface area contributed by atoms with Crippen molar-refractivity contribution in [3.63, 3.8) is 0 Å². The summed E-state index contributed by atoms with van der Waals surface area (Å²) in [4.78, 5) is 17.9. The van der Waals surface area contributed by atoms with Crippen molar-refractivity contribution < 1.29 is 18.3 Å². The largest absolute Gasteiger partial charge is 0.469 e. The summed E-state index contributed by atoms with van der Waals surface area (Å²) in [5.41, 5.74) is 0.466. The maximum atomic E-state index is 13.9. The summed E-state index contributed by atoms with van der Waals surface area (Å²) in [6, 6.07) is 3.64. The molecule has 1 aliphatic heterocycles. The van der Waals surface area contributed by atoms with Crippen LogP contribution in [0, 0.1) is 17.6 Å². The van der Waals surface area contributed by atoms with Crippen molar-refractivity contribution in [2.45, 2.75) is 25.7 Å². The van der Waals surface area contributed by atoms with Gasteiger partial charge in [0.05, 0.1) is 13.0 Å². The fourth-order valence-corrected chi connectivity index (χ4v) is 3.08. The molecule has 1 heterocycles. The second kappa shape index (κ2) is 8.78. The zero-order valence-corrected chi connectivity index (χ0v) is 14.9. The van der Waals surface area contributed by atoms with E-state index in [1.807, 2.05) is 6.92 Å². The molecule has 1 fully saturated rings. The van der Waals surface area contributed by atoms with Gasteiger partial charge in [-0.25, -0.2) is 8.78 Å². The Morgan fingerprint density at radius 1 is 1.40 bits per heavy atom. The van der Waals surface area contributed by atoms with Crippen LogP contribution in [-0.4, -0.2) is 50.6 Å². The number of hydrogen-bond donors (Lipinski definition) is 1. The van der Waals surface area contributed by atoms with Crippen LogP contribution >= 0.6 is 0 Å². The fourth-order valence-electron chi connectivity index (χ4n) is 3.08. The number of aliphatic imine (C=N–C) groups is 1. The number of carbonyl (C=O) groups excluding carboxylic acids is 1. The van der Waals surface area contributed by atoms with Crippen LogP contribution in [0.3, 0.4) is 0 Å². The van der Waals surface area contributed by atoms with Crippen LogP contribution < -0.4 is 5.32 Å². The summed E-state index contributed by atoms with van der Waals surface area (Å²) in [6.07, 6.45) is 1.44. The molecule has 1 saturated heterocycles. The maximum Gasteiger partial charge on any atom is 0.308 e. The molecule has 1 aliphatic rings. The lowest BCUT2D eigenvalue weighted by Crippen LogP contribution is -2.47. The monoisotopic (exact) mass is 353 g/mol. The SMILES string of the molecule is CN=C(NCC(C)c1ccc(F)cc1F)N1CCC(C(=O)OC)CC1. The van der Waals surface area contributed by atoms with Crippen LogP contribution in [0.5, 0.6) is 0 Å². The molecule has 0 bridgehead atoms. The normalized spacial score (nSPS) is 17.3. The molecule has 1 aromatic carbocycles. The van der Waals surface area contributed by atoms with Gasteiger partial charge in [-0.3, -0.25) is 9.79 Å². The Hall–Kier alpha value is -2.18. The van der Waals surface area contributed by atoms with Gasteiger partial charge in [-0.15, -0.1) is 0 Å². The van der Waals surface area contributed by atoms with Gasteiger partial charge in [-0.2, -0.15) is 0 Å². The molecule has 0 spiro atoms. The predicted molar refractivity (Wildman–Crippen MR) is 92.4 cm³/mol. The van der Waals surface area contributed by atoms with Gasteiger partial charge in [-0.05, 0) is 24.5 Å². The highest BCUT2D eigenvalue weighted by Crippen LogP contribution is 2.20. The van der Waals surface area contributed by atoms with Crippen molar-refractivity contribution in [3.05, 3.63) is 35.4 Å². The van der Waals surface area contributed by atoms with Crippen molar-refractivity contribution in [2.24, 2.45) is 10.9 Å². The number of nitrogens with one attached hydrogen (secondary N) is 1. The highest BCUT2D eigenvalue weighted by Gasteiger charge is 2.27. The Kier molecular flexibility index (Phi) is 6.73. The lowest BCUT2D eigenvalue weighted by molar-refractivity contribution is -0.146. The molecule has 0 saturated carbocycles. The number of methoxy groups -OCH3 is 1. The summed E-state index contributed by atoms with van der Waals surface area (Å²) >= 11 is 0. The van der Waals surface area contributed by atoms with Gasteiger partial charge in [0.1, 0.15) is 11.6 Å². The second-order valence-corrected chi connectivity index (χ2v) is 6.28. The first kappa shape index (κ1) is 19.1. The van der Waals surface area contributed by atoms with Crippen molar-refractivity contribution in [3.8, 4) is 0 Å². The average molecular weight is 353 g/mol. The molecule has 1 aromatic rings. The molecule has 25 heavy (non-hydrogen) atoms. The number of benzene rings is 1. The Morgan fingerprint density at radius 2 is 2.08 bits per heavy atom. The Balaban J connectivity index is 1.89. The number of piperidine rings is 1. The minimum absolute atomic E-state index is 0.0633. The van der Waals surface area contributed by atoms with E-state index in [9.17, 15) is 13.6 Å². The number of carbonyl (C=O) groups is 1. The molecule has 0 amide bonds. The van der Waals surface area contributed by atoms with Crippen LogP contribution in [-0.2, 0) is 9.53 Å². The number of halogens is 2. The van der Waals surface area contributed by atoms with E-state index in [4.69, 9.17) is 4.74 Å². The van der Waals surface area contributed by atoms with Crippen LogP contribution in [0.1, 0.15) is 31.2 Å². The van der Waals surface area contributed by atoms with E-state index in [-0.39, 0.29) is 17.8 Å². The first-order valence-corrected chi connectivity index (χ1v) is 8.44. The third kappa shape index (κ3) is 4.90. The summed E-state index contributed by atoms with van der Waals surface area (Å²) < 4.78 is 31.7. The van der Waals surface area contributed by atoms with Crippen LogP contribution in [0.25, 0.3) is 0 Å². The molecule has 1 N–H and O–H groups in total. The quantitative estimate of drug-likeness (QED) is 0.513. The third-order valence-electron chi connectivity index (χ3n) is 4.60. The fraction of sp³-hybridized carbons (Fsp3) is 0.556. The summed E-state index contributed by atoms with van der Waals surface area (Å²) in [6.45, 7) is 3.77. The molecule has 0 radical (unpaired) electrons. The van der Waals surface area contributed by atoms with Crippen LogP contribution in [0.2, 0.25) is 0 Å². The standard InChI is InChI=1S/C18H25F2N3O2/c1-12(15-5-4-14(19)10-16(15)20)11-22-18(21-2)23-8-6-13(7-9-23)17(24)25-3/h4-5,10,12-13H,6-9,11H2,1-3H3,(H,21,22). The molecule has 7 heteroatoms. The molecule has 1 unspecified atom stereocenters. The minimum atomic E-state index is -0.578. The van der Waals surface area contributed by atoms with E-state index < -0.39 is 11.6 Å². The van der Waals surface area contributed by atoms with Crippen molar-refractivity contribution in [1.82, 2.24) is 10.2 Å². The van der Waals surface area contributed by atoms with E-state index in [0.29, 0.717) is 25.2 Å². The number of likely N-dealkylation sites (tertiary alicyclic amines) is 1. The lowest BCUT2D eigenvalue weighted by atomic mass is 9.97. The smallest absolute Gasteiger partial charge is 0.308 e. The van der Waals surface area contributed by atoms with E-state index in [1.54, 1.807) is 7.05 Å². The molecule has 138 valence electrons. The van der Waals surface area contributed by atoms with Crippen molar-refractivity contribution in [2.75, 3.05) is 33.8 Å². The molecular weight excluding hydrogens is 328 g/mol. The Labute approximate surface area is 147 Å². The second-order valence-electron chi connectivity index (χ2n) is 6.28. The Morgan fingerprint density at radius 3 is 2.64 bits per heavy atom. The number of rotatable bonds is 4. The summed E-state index contributed by atoms with van der Waals surface area (Å²) in [7, 11) is 3.10. The average Bonchev–Trinajstić information content (AvgIpc) is 2.61. The van der Waals surface area contributed by atoms with Gasteiger partial charge in [0.2, 0.25) is 0 Å². The van der Waals surface area contributed by atoms with Crippen molar-refractivity contribution >= 4 is 11.9 Å². The van der Waals surface area contributed by atoms with Gasteiger partial charge < -0.3 is 15.0 Å². The van der Waals surface area contributed by atoms with Crippen LogP contribution in [0.15, 0.2) is 23.2 Å². The first-order valence-electron chi connectivity index (χ1n) is 8.44. The summed E-state index contributed by atoms with van der Waals surface area (Å²) in [5, 5.41) is 3.24. The Bertz CT molecular complexity index is 629. The van der Waals surface area contributed by atoms with Gasteiger partial charge in [0, 0.05) is 38.7 Å². The topological polar surface area (TPSA) is 53.9 Å². The molecule has 0 aromatic heterocycles. The van der Waals surface area contributed by atoms with Crippen molar-refractivity contribution in [1.29, 1.82) is 0 Å². The number of ether oxygens (including phenoxy) is 1. The van der Waals surface area contributed by atoms with Crippen LogP contribution in [0.4, 0.5) is 8.78 Å². The van der Waals surface area contributed by atoms with E-state index in [1.165, 1.54) is 19.2 Å². The van der Waals surface area contributed by atoms with Gasteiger partial charge >= 0.3 is 5.97 Å². The predicted octanol–water partition coefficient (Wildman–Crippen LogP) is 2.53. The summed E-state index contributed by atoms with van der Waals surface area (Å²) in [5.74, 6) is -0.758. The lowest BCUT2D eigenvalue weighted by Gasteiger charge is -2.33. The van der Waals surface area contributed by atoms with E-state index >= 15 is 0 Å². The number of esters is 1. The molecule has 1 atom stereocenters. The highest BCUT2D eigenvalue weighted by molar-refractivity contribution is 5.80.